The lowest BCUT2D eigenvalue weighted by molar-refractivity contribution is 0.0955. The highest BCUT2D eigenvalue weighted by Crippen LogP contribution is 2.34. The summed E-state index contributed by atoms with van der Waals surface area (Å²) in [6, 6.07) is 10.8. The number of amides is 1. The lowest BCUT2D eigenvalue weighted by Gasteiger charge is -2.14. The van der Waals surface area contributed by atoms with Crippen molar-refractivity contribution in [3.63, 3.8) is 0 Å². The van der Waals surface area contributed by atoms with Crippen molar-refractivity contribution in [3.05, 3.63) is 51.1 Å². The SMILES string of the molecule is CCCOc1ccc(C(=O)N/N=C\c2cc(I)c(OCCC)c(OCC)c2)cc1. The Bertz CT molecular complexity index is 822. The molecule has 0 heterocycles. The molecule has 1 N–H and O–H groups in total. The Morgan fingerprint density at radius 3 is 2.38 bits per heavy atom. The summed E-state index contributed by atoms with van der Waals surface area (Å²) >= 11 is 2.21. The zero-order chi connectivity index (χ0) is 21.1. The van der Waals surface area contributed by atoms with Crippen LogP contribution >= 0.6 is 22.6 Å². The zero-order valence-corrected chi connectivity index (χ0v) is 19.2. The number of carbonyl (C=O) groups is 1. The Hall–Kier alpha value is -2.29. The van der Waals surface area contributed by atoms with Crippen LogP contribution < -0.4 is 19.6 Å². The number of benzene rings is 2. The molecule has 0 unspecified atom stereocenters. The molecule has 0 aliphatic heterocycles. The third-order valence-corrected chi connectivity index (χ3v) is 4.55. The minimum Gasteiger partial charge on any atom is -0.494 e. The number of rotatable bonds is 11. The summed E-state index contributed by atoms with van der Waals surface area (Å²) < 4.78 is 18.0. The summed E-state index contributed by atoms with van der Waals surface area (Å²) in [5, 5.41) is 4.07. The van der Waals surface area contributed by atoms with Gasteiger partial charge in [-0.3, -0.25) is 4.79 Å². The quantitative estimate of drug-likeness (QED) is 0.262. The van der Waals surface area contributed by atoms with Crippen LogP contribution in [0.2, 0.25) is 0 Å². The highest BCUT2D eigenvalue weighted by atomic mass is 127. The molecule has 0 saturated heterocycles. The Morgan fingerprint density at radius 2 is 1.72 bits per heavy atom. The molecule has 0 radical (unpaired) electrons. The monoisotopic (exact) mass is 510 g/mol. The van der Waals surface area contributed by atoms with Crippen molar-refractivity contribution < 1.29 is 19.0 Å². The molecule has 0 fully saturated rings. The van der Waals surface area contributed by atoms with E-state index in [1.54, 1.807) is 30.5 Å². The molecular weight excluding hydrogens is 483 g/mol. The highest BCUT2D eigenvalue weighted by molar-refractivity contribution is 14.1. The average molecular weight is 510 g/mol. The van der Waals surface area contributed by atoms with Crippen LogP contribution in [0.4, 0.5) is 0 Å². The molecule has 0 aliphatic rings. The molecule has 156 valence electrons. The Morgan fingerprint density at radius 1 is 1.03 bits per heavy atom. The number of nitrogens with one attached hydrogen (secondary N) is 1. The molecule has 0 saturated carbocycles. The van der Waals surface area contributed by atoms with Crippen molar-refractivity contribution in [2.75, 3.05) is 19.8 Å². The molecule has 0 atom stereocenters. The van der Waals surface area contributed by atoms with Crippen LogP contribution in [0.25, 0.3) is 0 Å². The average Bonchev–Trinajstić information content (AvgIpc) is 2.72. The summed E-state index contributed by atoms with van der Waals surface area (Å²) in [5.74, 6) is 1.87. The smallest absolute Gasteiger partial charge is 0.271 e. The van der Waals surface area contributed by atoms with E-state index >= 15 is 0 Å². The first-order valence-corrected chi connectivity index (χ1v) is 10.8. The highest BCUT2D eigenvalue weighted by Gasteiger charge is 2.11. The van der Waals surface area contributed by atoms with Crippen LogP contribution in [0.15, 0.2) is 41.5 Å². The van der Waals surface area contributed by atoms with Gasteiger partial charge in [0.1, 0.15) is 5.75 Å². The maximum absolute atomic E-state index is 12.3. The summed E-state index contributed by atoms with van der Waals surface area (Å²) in [5.41, 5.74) is 3.87. The second-order valence-corrected chi connectivity index (χ2v) is 7.35. The van der Waals surface area contributed by atoms with Gasteiger partial charge in [0.2, 0.25) is 0 Å². The van der Waals surface area contributed by atoms with Gasteiger partial charge in [-0.25, -0.2) is 5.43 Å². The molecule has 0 spiro atoms. The summed E-state index contributed by atoms with van der Waals surface area (Å²) in [7, 11) is 0. The Labute approximate surface area is 185 Å². The number of hydrogen-bond donors (Lipinski definition) is 1. The summed E-state index contributed by atoms with van der Waals surface area (Å²) in [6.07, 6.45) is 3.44. The van der Waals surface area contributed by atoms with Crippen molar-refractivity contribution >= 4 is 34.7 Å². The van der Waals surface area contributed by atoms with Crippen molar-refractivity contribution in [3.8, 4) is 17.2 Å². The fourth-order valence-corrected chi connectivity index (χ4v) is 3.20. The molecule has 2 aromatic carbocycles. The third-order valence-electron chi connectivity index (χ3n) is 3.75. The number of ether oxygens (including phenoxy) is 3. The van der Waals surface area contributed by atoms with Crippen molar-refractivity contribution in [2.45, 2.75) is 33.6 Å². The Balaban J connectivity index is 2.04. The predicted molar refractivity (Wildman–Crippen MR) is 123 cm³/mol. The number of carbonyl (C=O) groups excluding carboxylic acids is 1. The lowest BCUT2D eigenvalue weighted by atomic mass is 10.2. The number of halogens is 1. The normalized spacial score (nSPS) is 10.8. The van der Waals surface area contributed by atoms with E-state index in [-0.39, 0.29) is 5.91 Å². The number of hydrogen-bond acceptors (Lipinski definition) is 5. The van der Waals surface area contributed by atoms with E-state index < -0.39 is 0 Å². The van der Waals surface area contributed by atoms with Crippen LogP contribution in [0.1, 0.15) is 49.5 Å². The molecule has 0 aromatic heterocycles. The molecule has 0 aliphatic carbocycles. The fourth-order valence-electron chi connectivity index (χ4n) is 2.42. The van der Waals surface area contributed by atoms with Crippen molar-refractivity contribution in [1.29, 1.82) is 0 Å². The standard InChI is InChI=1S/C22H27IN2O4/c1-4-11-28-18-9-7-17(8-10-18)22(26)25-24-15-16-13-19(23)21(29-12-5-2)20(14-16)27-6-3/h7-10,13-15H,4-6,11-12H2,1-3H3,(H,25,26)/b24-15-. The van der Waals surface area contributed by atoms with Crippen molar-refractivity contribution in [2.24, 2.45) is 5.10 Å². The zero-order valence-electron chi connectivity index (χ0n) is 17.0. The molecule has 2 rings (SSSR count). The predicted octanol–water partition coefficient (Wildman–Crippen LogP) is 5.03. The summed E-state index contributed by atoms with van der Waals surface area (Å²) in [6.45, 7) is 7.85. The van der Waals surface area contributed by atoms with Crippen molar-refractivity contribution in [1.82, 2.24) is 5.43 Å². The van der Waals surface area contributed by atoms with Gasteiger partial charge in [-0.15, -0.1) is 0 Å². The molecule has 0 bridgehead atoms. The molecular formula is C22H27IN2O4. The van der Waals surface area contributed by atoms with E-state index in [1.165, 1.54) is 0 Å². The van der Waals surface area contributed by atoms with Gasteiger partial charge in [-0.05, 0) is 84.3 Å². The molecule has 6 nitrogen and oxygen atoms in total. The minimum absolute atomic E-state index is 0.286. The first-order chi connectivity index (χ1) is 14.1. The van der Waals surface area contributed by atoms with Gasteiger partial charge in [0.05, 0.1) is 29.6 Å². The molecule has 1 amide bonds. The van der Waals surface area contributed by atoms with Gasteiger partial charge in [-0.2, -0.15) is 5.10 Å². The largest absolute Gasteiger partial charge is 0.494 e. The van der Waals surface area contributed by atoms with E-state index in [9.17, 15) is 4.79 Å². The second-order valence-electron chi connectivity index (χ2n) is 6.18. The topological polar surface area (TPSA) is 69.2 Å². The summed E-state index contributed by atoms with van der Waals surface area (Å²) in [4.78, 5) is 12.3. The van der Waals surface area contributed by atoms with Crippen LogP contribution in [0.3, 0.4) is 0 Å². The van der Waals surface area contributed by atoms with Gasteiger partial charge in [0.15, 0.2) is 11.5 Å². The number of hydrazone groups is 1. The molecule has 29 heavy (non-hydrogen) atoms. The first kappa shape index (κ1) is 23.0. The number of nitrogens with zero attached hydrogens (tertiary/aromatic N) is 1. The fraction of sp³-hybridized carbons (Fsp3) is 0.364. The van der Waals surface area contributed by atoms with Gasteiger partial charge in [-0.1, -0.05) is 13.8 Å². The van der Waals surface area contributed by atoms with Crippen LogP contribution in [-0.2, 0) is 0 Å². The van der Waals surface area contributed by atoms with E-state index in [0.29, 0.717) is 31.1 Å². The van der Waals surface area contributed by atoms with E-state index in [2.05, 4.69) is 40.0 Å². The maximum Gasteiger partial charge on any atom is 0.271 e. The van der Waals surface area contributed by atoms with Gasteiger partial charge in [0, 0.05) is 5.56 Å². The van der Waals surface area contributed by atoms with E-state index in [4.69, 9.17) is 14.2 Å². The van der Waals surface area contributed by atoms with E-state index in [0.717, 1.165) is 33.5 Å². The Kier molecular flexibility index (Phi) is 9.76. The van der Waals surface area contributed by atoms with Crippen LogP contribution in [0, 0.1) is 3.57 Å². The maximum atomic E-state index is 12.3. The molecule has 2 aromatic rings. The van der Waals surface area contributed by atoms with Gasteiger partial charge >= 0.3 is 0 Å². The second kappa shape index (κ2) is 12.3. The minimum atomic E-state index is -0.286. The first-order valence-electron chi connectivity index (χ1n) is 9.74. The van der Waals surface area contributed by atoms with Gasteiger partial charge < -0.3 is 14.2 Å². The van der Waals surface area contributed by atoms with Crippen LogP contribution in [0.5, 0.6) is 17.2 Å². The third kappa shape index (κ3) is 7.23. The molecule has 7 heteroatoms. The lowest BCUT2D eigenvalue weighted by Crippen LogP contribution is -2.17. The van der Waals surface area contributed by atoms with E-state index in [1.807, 2.05) is 26.0 Å². The van der Waals surface area contributed by atoms with Crippen LogP contribution in [-0.4, -0.2) is 31.9 Å². The van der Waals surface area contributed by atoms with Gasteiger partial charge in [0.25, 0.3) is 5.91 Å².